The first kappa shape index (κ1) is 15.5. The van der Waals surface area contributed by atoms with Crippen LogP contribution < -0.4 is 5.32 Å². The zero-order chi connectivity index (χ0) is 15.8. The number of nitrogens with zero attached hydrogens (tertiary/aromatic N) is 4. The minimum absolute atomic E-state index is 0.0343. The maximum atomic E-state index is 12.8. The molecule has 2 amide bonds. The van der Waals surface area contributed by atoms with Crippen molar-refractivity contribution in [3.05, 3.63) is 11.9 Å². The van der Waals surface area contributed by atoms with Crippen molar-refractivity contribution in [1.29, 1.82) is 0 Å². The Kier molecular flexibility index (Phi) is 4.02. The lowest BCUT2D eigenvalue weighted by atomic mass is 9.88. The number of aromatic nitrogens is 3. The van der Waals surface area contributed by atoms with Gasteiger partial charge < -0.3 is 10.2 Å². The van der Waals surface area contributed by atoms with Gasteiger partial charge in [-0.1, -0.05) is 26.0 Å². The van der Waals surface area contributed by atoms with Crippen LogP contribution in [0.15, 0.2) is 6.20 Å². The van der Waals surface area contributed by atoms with Crippen LogP contribution in [-0.4, -0.2) is 43.3 Å². The quantitative estimate of drug-likeness (QED) is 0.875. The molecular formula is C14H23N5O2. The number of aryl methyl sites for hydroxylation is 1. The fourth-order valence-electron chi connectivity index (χ4n) is 2.70. The second-order valence-electron chi connectivity index (χ2n) is 6.18. The van der Waals surface area contributed by atoms with Gasteiger partial charge in [0.2, 0.25) is 11.8 Å². The van der Waals surface area contributed by atoms with Gasteiger partial charge in [-0.05, 0) is 19.3 Å². The Balaban J connectivity index is 2.34. The summed E-state index contributed by atoms with van der Waals surface area (Å²) in [6, 6.07) is -0.473. The zero-order valence-electron chi connectivity index (χ0n) is 13.3. The van der Waals surface area contributed by atoms with Crippen LogP contribution in [0, 0.1) is 5.92 Å². The SMILES string of the molecule is CCC1(C)NC(=O)C(C(C)C)N(Cc2cn(C)nn2)C1=O. The third-order valence-electron chi connectivity index (χ3n) is 4.06. The van der Waals surface area contributed by atoms with Crippen LogP contribution in [0.4, 0.5) is 0 Å². The van der Waals surface area contributed by atoms with Crippen molar-refractivity contribution in [3.63, 3.8) is 0 Å². The summed E-state index contributed by atoms with van der Waals surface area (Å²) in [4.78, 5) is 26.9. The van der Waals surface area contributed by atoms with E-state index in [1.807, 2.05) is 20.8 Å². The first-order valence-electron chi connectivity index (χ1n) is 7.26. The van der Waals surface area contributed by atoms with Crippen molar-refractivity contribution in [2.24, 2.45) is 13.0 Å². The van der Waals surface area contributed by atoms with E-state index < -0.39 is 11.6 Å². The van der Waals surface area contributed by atoms with E-state index in [1.54, 1.807) is 29.7 Å². The lowest BCUT2D eigenvalue weighted by Gasteiger charge is -2.45. The monoisotopic (exact) mass is 293 g/mol. The standard InChI is InChI=1S/C14H23N5O2/c1-6-14(4)13(21)19(8-10-7-18(5)17-16-10)11(9(2)3)12(20)15-14/h7,9,11H,6,8H2,1-5H3,(H,15,20). The van der Waals surface area contributed by atoms with E-state index in [2.05, 4.69) is 15.6 Å². The summed E-state index contributed by atoms with van der Waals surface area (Å²) in [7, 11) is 1.78. The molecule has 0 bridgehead atoms. The lowest BCUT2D eigenvalue weighted by molar-refractivity contribution is -0.157. The molecule has 2 atom stereocenters. The third-order valence-corrected chi connectivity index (χ3v) is 4.06. The van der Waals surface area contributed by atoms with E-state index in [1.165, 1.54) is 0 Å². The third kappa shape index (κ3) is 2.77. The molecule has 1 aliphatic heterocycles. The Morgan fingerprint density at radius 3 is 2.57 bits per heavy atom. The minimum Gasteiger partial charge on any atom is -0.340 e. The van der Waals surface area contributed by atoms with Gasteiger partial charge in [-0.3, -0.25) is 14.3 Å². The number of hydrogen-bond acceptors (Lipinski definition) is 4. The molecule has 2 unspecified atom stereocenters. The predicted octanol–water partition coefficient (Wildman–Crippen LogP) is 0.467. The molecule has 1 aromatic rings. The molecule has 1 aromatic heterocycles. The normalized spacial score (nSPS) is 26.4. The molecule has 1 saturated heterocycles. The van der Waals surface area contributed by atoms with E-state index >= 15 is 0 Å². The van der Waals surface area contributed by atoms with Crippen molar-refractivity contribution in [1.82, 2.24) is 25.2 Å². The van der Waals surface area contributed by atoms with Crippen molar-refractivity contribution in [3.8, 4) is 0 Å². The van der Waals surface area contributed by atoms with Crippen LogP contribution in [0.2, 0.25) is 0 Å². The fourth-order valence-corrected chi connectivity index (χ4v) is 2.70. The van der Waals surface area contributed by atoms with E-state index in [-0.39, 0.29) is 17.7 Å². The highest BCUT2D eigenvalue weighted by atomic mass is 16.2. The van der Waals surface area contributed by atoms with E-state index in [0.29, 0.717) is 18.7 Å². The van der Waals surface area contributed by atoms with Gasteiger partial charge >= 0.3 is 0 Å². The highest BCUT2D eigenvalue weighted by Crippen LogP contribution is 2.26. The summed E-state index contributed by atoms with van der Waals surface area (Å²) in [5.41, 5.74) is -0.158. The Morgan fingerprint density at radius 2 is 2.10 bits per heavy atom. The van der Waals surface area contributed by atoms with Gasteiger partial charge in [0.25, 0.3) is 0 Å². The van der Waals surface area contributed by atoms with Crippen LogP contribution in [0.5, 0.6) is 0 Å². The summed E-state index contributed by atoms with van der Waals surface area (Å²) in [6.45, 7) is 7.85. The van der Waals surface area contributed by atoms with Crippen LogP contribution in [0.3, 0.4) is 0 Å². The fraction of sp³-hybridized carbons (Fsp3) is 0.714. The summed E-state index contributed by atoms with van der Waals surface area (Å²) < 4.78 is 1.59. The molecule has 2 heterocycles. The molecule has 7 nitrogen and oxygen atoms in total. The number of hydrogen-bond donors (Lipinski definition) is 1. The average molecular weight is 293 g/mol. The van der Waals surface area contributed by atoms with Gasteiger partial charge in [0.15, 0.2) is 0 Å². The number of piperazine rings is 1. The van der Waals surface area contributed by atoms with Crippen molar-refractivity contribution in [2.75, 3.05) is 0 Å². The molecule has 7 heteroatoms. The number of carbonyl (C=O) groups is 2. The Labute approximate surface area is 124 Å². The van der Waals surface area contributed by atoms with Gasteiger partial charge in [0, 0.05) is 13.2 Å². The molecule has 0 aromatic carbocycles. The maximum absolute atomic E-state index is 12.8. The second kappa shape index (κ2) is 5.46. The Bertz CT molecular complexity index is 553. The number of rotatable bonds is 4. The number of amides is 2. The largest absolute Gasteiger partial charge is 0.340 e. The minimum atomic E-state index is -0.843. The van der Waals surface area contributed by atoms with Gasteiger partial charge in [0.1, 0.15) is 17.3 Å². The molecule has 0 spiro atoms. The first-order valence-corrected chi connectivity index (χ1v) is 7.26. The van der Waals surface area contributed by atoms with E-state index in [0.717, 1.165) is 0 Å². The molecule has 0 radical (unpaired) electrons. The van der Waals surface area contributed by atoms with Gasteiger partial charge in [0.05, 0.1) is 6.54 Å². The van der Waals surface area contributed by atoms with Crippen molar-refractivity contribution in [2.45, 2.75) is 52.2 Å². The summed E-state index contributed by atoms with van der Waals surface area (Å²) >= 11 is 0. The van der Waals surface area contributed by atoms with Crippen molar-refractivity contribution < 1.29 is 9.59 Å². The zero-order valence-corrected chi connectivity index (χ0v) is 13.3. The highest BCUT2D eigenvalue weighted by molar-refractivity contribution is 5.99. The van der Waals surface area contributed by atoms with Gasteiger partial charge in [-0.2, -0.15) is 0 Å². The smallest absolute Gasteiger partial charge is 0.249 e. The van der Waals surface area contributed by atoms with E-state index in [4.69, 9.17) is 0 Å². The van der Waals surface area contributed by atoms with Gasteiger partial charge in [-0.15, -0.1) is 5.10 Å². The Hall–Kier alpha value is -1.92. The number of nitrogens with one attached hydrogen (secondary N) is 1. The second-order valence-corrected chi connectivity index (χ2v) is 6.18. The van der Waals surface area contributed by atoms with Crippen LogP contribution in [0.25, 0.3) is 0 Å². The van der Waals surface area contributed by atoms with Gasteiger partial charge in [-0.25, -0.2) is 0 Å². The maximum Gasteiger partial charge on any atom is 0.249 e. The number of carbonyl (C=O) groups excluding carboxylic acids is 2. The molecular weight excluding hydrogens is 270 g/mol. The van der Waals surface area contributed by atoms with Crippen LogP contribution in [-0.2, 0) is 23.2 Å². The Morgan fingerprint density at radius 1 is 1.43 bits per heavy atom. The summed E-state index contributed by atoms with van der Waals surface area (Å²) in [5, 5.41) is 10.8. The summed E-state index contributed by atoms with van der Waals surface area (Å²) in [5.74, 6) is -0.126. The van der Waals surface area contributed by atoms with E-state index in [9.17, 15) is 9.59 Å². The predicted molar refractivity (Wildman–Crippen MR) is 77.0 cm³/mol. The van der Waals surface area contributed by atoms with Crippen molar-refractivity contribution >= 4 is 11.8 Å². The average Bonchev–Trinajstić information content (AvgIpc) is 2.80. The molecule has 1 N–H and O–H groups in total. The topological polar surface area (TPSA) is 80.1 Å². The molecule has 0 saturated carbocycles. The first-order chi connectivity index (χ1) is 9.78. The molecule has 21 heavy (non-hydrogen) atoms. The van der Waals surface area contributed by atoms with Crippen LogP contribution >= 0.6 is 0 Å². The van der Waals surface area contributed by atoms with Crippen LogP contribution in [0.1, 0.15) is 39.8 Å². The molecule has 1 aliphatic rings. The molecule has 2 rings (SSSR count). The molecule has 0 aliphatic carbocycles. The summed E-state index contributed by atoms with van der Waals surface area (Å²) in [6.07, 6.45) is 2.32. The molecule has 1 fully saturated rings. The highest BCUT2D eigenvalue weighted by Gasteiger charge is 2.48. The lowest BCUT2D eigenvalue weighted by Crippen LogP contribution is -2.69. The molecule has 116 valence electrons.